The maximum Gasteiger partial charge on any atom is 0.0423 e. The van der Waals surface area contributed by atoms with Crippen molar-refractivity contribution in [3.8, 4) is 0 Å². The van der Waals surface area contributed by atoms with Crippen LogP contribution >= 0.6 is 0 Å². The Morgan fingerprint density at radius 1 is 1.25 bits per heavy atom. The summed E-state index contributed by atoms with van der Waals surface area (Å²) >= 11 is 0. The number of para-hydroxylation sites is 1. The number of hydrogen-bond acceptors (Lipinski definition) is 1. The normalized spacial score (nSPS) is 10.0. The second-order valence-corrected chi connectivity index (χ2v) is 3.33. The van der Waals surface area contributed by atoms with Gasteiger partial charge in [0.05, 0.1) is 0 Å². The molecule has 66 valence electrons. The van der Waals surface area contributed by atoms with Crippen LogP contribution in [0.1, 0.15) is 18.1 Å². The highest BCUT2D eigenvalue weighted by Crippen LogP contribution is 2.23. The van der Waals surface area contributed by atoms with Gasteiger partial charge in [0.1, 0.15) is 0 Å². The first kappa shape index (κ1) is 9.11. The first-order valence-corrected chi connectivity index (χ1v) is 4.42. The smallest absolute Gasteiger partial charge is 0.0423 e. The fraction of sp³-hybridized carbons (Fsp3) is 0.455. The molecule has 12 heavy (non-hydrogen) atoms. The molecule has 0 saturated carbocycles. The van der Waals surface area contributed by atoms with E-state index in [1.807, 2.05) is 0 Å². The van der Waals surface area contributed by atoms with E-state index in [2.05, 4.69) is 51.0 Å². The van der Waals surface area contributed by atoms with Gasteiger partial charge < -0.3 is 4.90 Å². The molecule has 1 nitrogen and oxygen atoms in total. The Morgan fingerprint density at radius 2 is 1.92 bits per heavy atom. The van der Waals surface area contributed by atoms with Crippen molar-refractivity contribution in [3.63, 3.8) is 0 Å². The van der Waals surface area contributed by atoms with E-state index in [-0.39, 0.29) is 0 Å². The Balaban J connectivity index is 3.20. The van der Waals surface area contributed by atoms with Gasteiger partial charge in [-0.25, -0.2) is 0 Å². The SMILES string of the molecule is CCc1cccc(C)c1N(C)C. The van der Waals surface area contributed by atoms with E-state index < -0.39 is 0 Å². The summed E-state index contributed by atoms with van der Waals surface area (Å²) < 4.78 is 0. The third-order valence-corrected chi connectivity index (χ3v) is 2.15. The van der Waals surface area contributed by atoms with Crippen LogP contribution in [-0.4, -0.2) is 14.1 Å². The molecule has 1 rings (SSSR count). The Morgan fingerprint density at radius 3 is 2.33 bits per heavy atom. The lowest BCUT2D eigenvalue weighted by atomic mass is 10.1. The molecule has 0 saturated heterocycles. The minimum Gasteiger partial charge on any atom is -0.377 e. The van der Waals surface area contributed by atoms with Gasteiger partial charge in [0.25, 0.3) is 0 Å². The van der Waals surface area contributed by atoms with Crippen molar-refractivity contribution in [1.29, 1.82) is 0 Å². The molecule has 0 unspecified atom stereocenters. The zero-order valence-electron chi connectivity index (χ0n) is 8.39. The average molecular weight is 163 g/mol. The highest BCUT2D eigenvalue weighted by atomic mass is 15.1. The maximum absolute atomic E-state index is 2.20. The van der Waals surface area contributed by atoms with E-state index in [1.54, 1.807) is 0 Å². The lowest BCUT2D eigenvalue weighted by Crippen LogP contribution is -2.12. The Kier molecular flexibility index (Phi) is 2.74. The molecule has 0 spiro atoms. The summed E-state index contributed by atoms with van der Waals surface area (Å²) in [5.41, 5.74) is 4.17. The lowest BCUT2D eigenvalue weighted by molar-refractivity contribution is 1.05. The van der Waals surface area contributed by atoms with Crippen molar-refractivity contribution < 1.29 is 0 Å². The molecule has 1 aromatic rings. The van der Waals surface area contributed by atoms with Crippen molar-refractivity contribution in [3.05, 3.63) is 29.3 Å². The summed E-state index contributed by atoms with van der Waals surface area (Å²) in [6.45, 7) is 4.36. The molecule has 0 N–H and O–H groups in total. The number of hydrogen-bond donors (Lipinski definition) is 0. The molecular weight excluding hydrogens is 146 g/mol. The van der Waals surface area contributed by atoms with Crippen LogP contribution in [0.15, 0.2) is 18.2 Å². The summed E-state index contributed by atoms with van der Waals surface area (Å²) in [5.74, 6) is 0. The lowest BCUT2D eigenvalue weighted by Gasteiger charge is -2.19. The third-order valence-electron chi connectivity index (χ3n) is 2.15. The zero-order chi connectivity index (χ0) is 9.14. The van der Waals surface area contributed by atoms with Gasteiger partial charge in [-0.15, -0.1) is 0 Å². The van der Waals surface area contributed by atoms with Crippen molar-refractivity contribution in [2.24, 2.45) is 0 Å². The van der Waals surface area contributed by atoms with Crippen LogP contribution in [-0.2, 0) is 6.42 Å². The van der Waals surface area contributed by atoms with Crippen molar-refractivity contribution in [2.75, 3.05) is 19.0 Å². The highest BCUT2D eigenvalue weighted by Gasteiger charge is 2.04. The van der Waals surface area contributed by atoms with Crippen LogP contribution in [0.4, 0.5) is 5.69 Å². The second kappa shape index (κ2) is 3.61. The second-order valence-electron chi connectivity index (χ2n) is 3.33. The summed E-state index contributed by atoms with van der Waals surface area (Å²) in [7, 11) is 4.20. The molecule has 0 aliphatic carbocycles. The molecule has 0 bridgehead atoms. The van der Waals surface area contributed by atoms with Gasteiger partial charge >= 0.3 is 0 Å². The van der Waals surface area contributed by atoms with Crippen molar-refractivity contribution >= 4 is 5.69 Å². The zero-order valence-corrected chi connectivity index (χ0v) is 8.39. The minimum absolute atomic E-state index is 1.11. The molecular formula is C11H17N. The Bertz CT molecular complexity index is 264. The fourth-order valence-corrected chi connectivity index (χ4v) is 1.64. The van der Waals surface area contributed by atoms with Gasteiger partial charge in [-0.1, -0.05) is 25.1 Å². The molecule has 0 atom stereocenters. The quantitative estimate of drug-likeness (QED) is 0.648. The van der Waals surface area contributed by atoms with Crippen molar-refractivity contribution in [2.45, 2.75) is 20.3 Å². The first-order valence-electron chi connectivity index (χ1n) is 4.42. The number of rotatable bonds is 2. The van der Waals surface area contributed by atoms with Crippen LogP contribution in [0, 0.1) is 6.92 Å². The topological polar surface area (TPSA) is 3.24 Å². The van der Waals surface area contributed by atoms with Gasteiger partial charge in [0, 0.05) is 19.8 Å². The summed E-state index contributed by atoms with van der Waals surface area (Å²) in [4.78, 5) is 2.19. The summed E-state index contributed by atoms with van der Waals surface area (Å²) in [6.07, 6.45) is 1.11. The predicted molar refractivity (Wildman–Crippen MR) is 54.9 cm³/mol. The fourth-order valence-electron chi connectivity index (χ4n) is 1.64. The van der Waals surface area contributed by atoms with Gasteiger partial charge in [-0.2, -0.15) is 0 Å². The van der Waals surface area contributed by atoms with Crippen LogP contribution in [0.25, 0.3) is 0 Å². The minimum atomic E-state index is 1.11. The molecule has 0 aromatic heterocycles. The molecule has 0 heterocycles. The van der Waals surface area contributed by atoms with Gasteiger partial charge in [0.2, 0.25) is 0 Å². The van der Waals surface area contributed by atoms with E-state index in [0.717, 1.165) is 6.42 Å². The van der Waals surface area contributed by atoms with E-state index in [1.165, 1.54) is 16.8 Å². The van der Waals surface area contributed by atoms with Gasteiger partial charge in [-0.05, 0) is 24.5 Å². The third kappa shape index (κ3) is 1.60. The molecule has 1 aromatic carbocycles. The molecule has 0 aliphatic heterocycles. The van der Waals surface area contributed by atoms with E-state index >= 15 is 0 Å². The van der Waals surface area contributed by atoms with Gasteiger partial charge in [0.15, 0.2) is 0 Å². The number of nitrogens with zero attached hydrogens (tertiary/aromatic N) is 1. The first-order chi connectivity index (χ1) is 5.66. The standard InChI is InChI=1S/C11H17N/c1-5-10-8-6-7-9(2)11(10)12(3)4/h6-8H,5H2,1-4H3. The predicted octanol–water partition coefficient (Wildman–Crippen LogP) is 2.62. The Hall–Kier alpha value is -0.980. The van der Waals surface area contributed by atoms with Crippen LogP contribution in [0.5, 0.6) is 0 Å². The Labute approximate surface area is 75.0 Å². The van der Waals surface area contributed by atoms with E-state index in [4.69, 9.17) is 0 Å². The monoisotopic (exact) mass is 163 g/mol. The molecule has 0 fully saturated rings. The maximum atomic E-state index is 2.20. The number of benzene rings is 1. The molecule has 1 heteroatoms. The number of aryl methyl sites for hydroxylation is 2. The highest BCUT2D eigenvalue weighted by molar-refractivity contribution is 5.58. The number of anilines is 1. The molecule has 0 radical (unpaired) electrons. The van der Waals surface area contributed by atoms with E-state index in [9.17, 15) is 0 Å². The molecule has 0 aliphatic rings. The van der Waals surface area contributed by atoms with Crippen LogP contribution in [0.3, 0.4) is 0 Å². The van der Waals surface area contributed by atoms with Crippen LogP contribution in [0.2, 0.25) is 0 Å². The summed E-state index contributed by atoms with van der Waals surface area (Å²) in [6, 6.07) is 6.48. The van der Waals surface area contributed by atoms with Crippen molar-refractivity contribution in [1.82, 2.24) is 0 Å². The van der Waals surface area contributed by atoms with Gasteiger partial charge in [-0.3, -0.25) is 0 Å². The largest absolute Gasteiger partial charge is 0.377 e. The summed E-state index contributed by atoms with van der Waals surface area (Å²) in [5, 5.41) is 0. The average Bonchev–Trinajstić information content (AvgIpc) is 2.03. The molecule has 0 amide bonds. The van der Waals surface area contributed by atoms with Crippen LogP contribution < -0.4 is 4.90 Å². The van der Waals surface area contributed by atoms with E-state index in [0.29, 0.717) is 0 Å².